The van der Waals surface area contributed by atoms with E-state index in [-0.39, 0.29) is 5.41 Å². The second-order valence-corrected chi connectivity index (χ2v) is 15.4. The molecular weight excluding hydrogens is 535 g/mol. The zero-order valence-corrected chi connectivity index (χ0v) is 26.9. The van der Waals surface area contributed by atoms with Gasteiger partial charge in [0.05, 0.1) is 40.4 Å². The number of unbranched alkanes of at least 4 members (excludes halogenated alkanes) is 5. The van der Waals surface area contributed by atoms with Crippen molar-refractivity contribution in [2.24, 2.45) is 5.41 Å². The van der Waals surface area contributed by atoms with E-state index in [0.717, 1.165) is 29.6 Å². The Morgan fingerprint density at radius 2 is 1.65 bits per heavy atom. The smallest absolute Gasteiger partial charge is 0.337 e. The van der Waals surface area contributed by atoms with Gasteiger partial charge in [0, 0.05) is 16.9 Å². The zero-order chi connectivity index (χ0) is 29.1. The van der Waals surface area contributed by atoms with Crippen molar-refractivity contribution in [1.29, 1.82) is 0 Å². The number of aromatic nitrogens is 1. The fourth-order valence-corrected chi connectivity index (χ4v) is 6.74. The molecule has 2 atom stereocenters. The number of pyridine rings is 1. The van der Waals surface area contributed by atoms with Crippen molar-refractivity contribution in [1.82, 2.24) is 4.98 Å². The van der Waals surface area contributed by atoms with Crippen LogP contribution in [0.15, 0.2) is 59.5 Å². The lowest BCUT2D eigenvalue weighted by Gasteiger charge is -2.31. The van der Waals surface area contributed by atoms with Crippen molar-refractivity contribution >= 4 is 36.7 Å². The number of ether oxygens (including phenoxy) is 1. The molecule has 1 radical (unpaired) electrons. The van der Waals surface area contributed by atoms with Crippen molar-refractivity contribution < 1.29 is 18.2 Å². The van der Waals surface area contributed by atoms with E-state index in [1.165, 1.54) is 51.2 Å². The van der Waals surface area contributed by atoms with Gasteiger partial charge >= 0.3 is 5.97 Å². The van der Waals surface area contributed by atoms with Crippen LogP contribution in [-0.4, -0.2) is 37.9 Å². The molecule has 0 aliphatic carbocycles. The molecule has 0 amide bonds. The summed E-state index contributed by atoms with van der Waals surface area (Å²) >= 11 is 0. The Kier molecular flexibility index (Phi) is 12.5. The minimum absolute atomic E-state index is 0.147. The highest BCUT2D eigenvalue weighted by atomic mass is 32.2. The van der Waals surface area contributed by atoms with E-state index in [1.807, 2.05) is 6.07 Å². The molecule has 0 aliphatic heterocycles. The van der Waals surface area contributed by atoms with Gasteiger partial charge in [-0.15, -0.1) is 0 Å². The van der Waals surface area contributed by atoms with Crippen LogP contribution < -0.4 is 0 Å². The van der Waals surface area contributed by atoms with Gasteiger partial charge in [-0.25, -0.2) is 4.79 Å². The summed E-state index contributed by atoms with van der Waals surface area (Å²) in [4.78, 5) is 17.4. The fourth-order valence-electron chi connectivity index (χ4n) is 5.11. The minimum atomic E-state index is -1.32. The van der Waals surface area contributed by atoms with Crippen molar-refractivity contribution in [3.8, 4) is 0 Å². The molecule has 3 rings (SSSR count). The Balaban J connectivity index is 1.64. The molecule has 3 aromatic rings. The van der Waals surface area contributed by atoms with Gasteiger partial charge in [0.15, 0.2) is 0 Å². The Morgan fingerprint density at radius 1 is 0.950 bits per heavy atom. The third-order valence-electron chi connectivity index (χ3n) is 7.30. The summed E-state index contributed by atoms with van der Waals surface area (Å²) in [7, 11) is -0.533. The predicted molar refractivity (Wildman–Crippen MR) is 168 cm³/mol. The molecule has 0 spiro atoms. The van der Waals surface area contributed by atoms with Crippen molar-refractivity contribution in [2.75, 3.05) is 13.7 Å². The van der Waals surface area contributed by atoms with Gasteiger partial charge in [0.1, 0.15) is 0 Å². The largest absolute Gasteiger partial charge is 0.465 e. The lowest BCUT2D eigenvalue weighted by atomic mass is 9.73. The number of hydrogen-bond donors (Lipinski definition) is 0. The fraction of sp³-hybridized carbons (Fsp3) is 0.515. The maximum absolute atomic E-state index is 13.1. The van der Waals surface area contributed by atoms with Gasteiger partial charge in [0.25, 0.3) is 0 Å². The molecular formula is C33H46NO4SSi. The van der Waals surface area contributed by atoms with Gasteiger partial charge in [-0.3, -0.25) is 9.19 Å². The van der Waals surface area contributed by atoms with Crippen LogP contribution >= 0.6 is 0 Å². The van der Waals surface area contributed by atoms with E-state index in [4.69, 9.17) is 14.1 Å². The predicted octanol–water partition coefficient (Wildman–Crippen LogP) is 8.46. The lowest BCUT2D eigenvalue weighted by molar-refractivity contribution is 0.0600. The van der Waals surface area contributed by atoms with Gasteiger partial charge in [0.2, 0.25) is 9.04 Å². The second-order valence-electron chi connectivity index (χ2n) is 11.8. The molecule has 217 valence electrons. The Labute approximate surface area is 245 Å². The lowest BCUT2D eigenvalue weighted by Crippen LogP contribution is -2.18. The number of carbonyl (C=O) groups excluding carboxylic acids is 1. The number of methoxy groups -OCH3 is 1. The molecule has 0 bridgehead atoms. The van der Waals surface area contributed by atoms with E-state index in [0.29, 0.717) is 22.1 Å². The number of esters is 1. The molecule has 0 saturated carbocycles. The SMILES string of the molecule is COC(=O)c1cccc(S(=O)Cc2ccc3ccc(C(CCCCCCCCO[Si](C)C)C(C)(C)C)cc3n2)c1. The van der Waals surface area contributed by atoms with E-state index in [9.17, 15) is 9.00 Å². The van der Waals surface area contributed by atoms with Crippen LogP contribution in [0.2, 0.25) is 13.1 Å². The van der Waals surface area contributed by atoms with Gasteiger partial charge in [-0.1, -0.05) is 77.1 Å². The van der Waals surface area contributed by atoms with Crippen LogP contribution in [0.3, 0.4) is 0 Å². The van der Waals surface area contributed by atoms with Crippen molar-refractivity contribution in [3.63, 3.8) is 0 Å². The van der Waals surface area contributed by atoms with Crippen molar-refractivity contribution in [2.45, 2.75) is 95.4 Å². The molecule has 40 heavy (non-hydrogen) atoms. The van der Waals surface area contributed by atoms with Crippen molar-refractivity contribution in [3.05, 3.63) is 71.4 Å². The number of fused-ring (bicyclic) bond motifs is 1. The summed E-state index contributed by atoms with van der Waals surface area (Å²) < 4.78 is 23.7. The maximum atomic E-state index is 13.1. The molecule has 0 saturated heterocycles. The molecule has 2 aromatic carbocycles. The first-order valence-electron chi connectivity index (χ1n) is 14.5. The van der Waals surface area contributed by atoms with Gasteiger partial charge in [-0.05, 0) is 73.2 Å². The van der Waals surface area contributed by atoms with Crippen LogP contribution in [-0.2, 0) is 25.7 Å². The molecule has 2 unspecified atom stereocenters. The van der Waals surface area contributed by atoms with Crippen LogP contribution in [0.25, 0.3) is 10.9 Å². The first-order valence-corrected chi connectivity index (χ1v) is 18.2. The maximum Gasteiger partial charge on any atom is 0.337 e. The first kappa shape index (κ1) is 32.2. The summed E-state index contributed by atoms with van der Waals surface area (Å²) in [6, 6.07) is 17.5. The highest BCUT2D eigenvalue weighted by molar-refractivity contribution is 7.84. The molecule has 1 aromatic heterocycles. The van der Waals surface area contributed by atoms with E-state index in [1.54, 1.807) is 24.3 Å². The highest BCUT2D eigenvalue weighted by Crippen LogP contribution is 2.40. The third-order valence-corrected chi connectivity index (χ3v) is 9.42. The summed E-state index contributed by atoms with van der Waals surface area (Å²) in [5.74, 6) is 0.302. The summed E-state index contributed by atoms with van der Waals surface area (Å²) in [5, 5.41) is 1.09. The number of nitrogens with zero attached hydrogens (tertiary/aromatic N) is 1. The molecule has 7 heteroatoms. The topological polar surface area (TPSA) is 65.5 Å². The van der Waals surface area contributed by atoms with Crippen LogP contribution in [0.4, 0.5) is 0 Å². The quantitative estimate of drug-likeness (QED) is 0.102. The van der Waals surface area contributed by atoms with Gasteiger partial charge < -0.3 is 9.16 Å². The third kappa shape index (κ3) is 9.93. The Hall–Kier alpha value is -2.35. The summed E-state index contributed by atoms with van der Waals surface area (Å²) in [6.45, 7) is 12.3. The summed E-state index contributed by atoms with van der Waals surface area (Å²) in [6.07, 6.45) is 8.67. The number of hydrogen-bond acceptors (Lipinski definition) is 5. The Bertz CT molecular complexity index is 1270. The molecule has 1 heterocycles. The number of carbonyl (C=O) groups is 1. The molecule has 5 nitrogen and oxygen atoms in total. The standard InChI is InChI=1S/C33H46NO4SSi/c1-33(2,3)30(16-11-9-7-8-10-12-21-38-40(5)6)26-18-17-25-19-20-28(34-31(25)23-26)24-39(36)29-15-13-14-27(22-29)32(35)37-4/h13-15,17-20,22-23,30H,7-12,16,21,24H2,1-6H3. The number of benzene rings is 2. The normalized spacial score (nSPS) is 13.5. The van der Waals surface area contributed by atoms with Gasteiger partial charge in [-0.2, -0.15) is 0 Å². The zero-order valence-electron chi connectivity index (χ0n) is 25.1. The second kappa shape index (κ2) is 15.6. The van der Waals surface area contributed by atoms with E-state index < -0.39 is 25.8 Å². The molecule has 0 N–H and O–H groups in total. The summed E-state index contributed by atoms with van der Waals surface area (Å²) in [5.41, 5.74) is 3.59. The van der Waals surface area contributed by atoms with E-state index >= 15 is 0 Å². The average molecular weight is 581 g/mol. The minimum Gasteiger partial charge on any atom is -0.465 e. The van der Waals surface area contributed by atoms with Crippen LogP contribution in [0.5, 0.6) is 0 Å². The van der Waals surface area contributed by atoms with E-state index in [2.05, 4.69) is 58.1 Å². The molecule has 0 aliphatic rings. The first-order chi connectivity index (χ1) is 19.1. The Morgan fingerprint density at radius 3 is 2.35 bits per heavy atom. The average Bonchev–Trinajstić information content (AvgIpc) is 2.92. The number of rotatable bonds is 15. The monoisotopic (exact) mass is 580 g/mol. The van der Waals surface area contributed by atoms with Crippen LogP contribution in [0.1, 0.15) is 93.3 Å². The highest BCUT2D eigenvalue weighted by Gasteiger charge is 2.26. The van der Waals surface area contributed by atoms with Crippen LogP contribution in [0, 0.1) is 5.41 Å². The molecule has 0 fully saturated rings.